The maximum atomic E-state index is 14.4. The van der Waals surface area contributed by atoms with E-state index in [1.165, 1.54) is 0 Å². The molecule has 0 saturated carbocycles. The van der Waals surface area contributed by atoms with Gasteiger partial charge < -0.3 is 20.8 Å². The van der Waals surface area contributed by atoms with Crippen LogP contribution in [0, 0.1) is 44.9 Å². The molecule has 2 amide bonds. The summed E-state index contributed by atoms with van der Waals surface area (Å²) in [7, 11) is 0. The lowest BCUT2D eigenvalue weighted by Gasteiger charge is -2.41. The molecule has 4 N–H and O–H groups in total. The van der Waals surface area contributed by atoms with Gasteiger partial charge in [0.05, 0.1) is 12.1 Å². The molecule has 4 aromatic carbocycles. The summed E-state index contributed by atoms with van der Waals surface area (Å²) >= 11 is 0. The standard InChI is InChI=1S/C45H58N2O4/c1-29(2)27-39(44(50,35-19-11-31(5)12-20-35)36-21-13-32(6)14-22-36)46-41(48)43(9,10)42(49)47-40(28-30(3)4)45(51,37-23-15-33(7)16-24-37)38-25-17-34(8)18-26-38/h11-26,29-30,39-40,50-51H,27-28H2,1-10H3,(H,46,48)(H,47,49). The lowest BCUT2D eigenvalue weighted by Crippen LogP contribution is -2.60. The summed E-state index contributed by atoms with van der Waals surface area (Å²) in [6, 6.07) is 29.4. The summed E-state index contributed by atoms with van der Waals surface area (Å²) in [5.41, 5.74) is 2.13. The van der Waals surface area contributed by atoms with Crippen LogP contribution in [0.1, 0.15) is 98.9 Å². The van der Waals surface area contributed by atoms with Crippen LogP contribution in [0.5, 0.6) is 0 Å². The summed E-state index contributed by atoms with van der Waals surface area (Å²) in [6.07, 6.45) is 0.913. The van der Waals surface area contributed by atoms with Crippen molar-refractivity contribution in [2.45, 2.75) is 105 Å². The van der Waals surface area contributed by atoms with Gasteiger partial charge in [0.15, 0.2) is 0 Å². The highest BCUT2D eigenvalue weighted by Crippen LogP contribution is 2.39. The van der Waals surface area contributed by atoms with Crippen molar-refractivity contribution in [1.29, 1.82) is 0 Å². The molecule has 272 valence electrons. The molecule has 2 unspecified atom stereocenters. The minimum Gasteiger partial charge on any atom is -0.378 e. The molecule has 0 saturated heterocycles. The molecule has 6 nitrogen and oxygen atoms in total. The fourth-order valence-electron chi connectivity index (χ4n) is 6.76. The van der Waals surface area contributed by atoms with Gasteiger partial charge in [0.2, 0.25) is 11.8 Å². The molecule has 0 radical (unpaired) electrons. The quantitative estimate of drug-likeness (QED) is 0.100. The Kier molecular flexibility index (Phi) is 12.4. The average Bonchev–Trinajstić information content (AvgIpc) is 3.07. The third-order valence-corrected chi connectivity index (χ3v) is 10.1. The van der Waals surface area contributed by atoms with Crippen LogP contribution >= 0.6 is 0 Å². The van der Waals surface area contributed by atoms with Gasteiger partial charge in [0, 0.05) is 0 Å². The highest BCUT2D eigenvalue weighted by atomic mass is 16.3. The van der Waals surface area contributed by atoms with Crippen LogP contribution in [-0.4, -0.2) is 34.1 Å². The maximum absolute atomic E-state index is 14.4. The number of aliphatic hydroxyl groups is 2. The van der Waals surface area contributed by atoms with Crippen molar-refractivity contribution in [2.24, 2.45) is 17.3 Å². The number of rotatable bonds is 14. The van der Waals surface area contributed by atoms with E-state index in [0.29, 0.717) is 35.1 Å². The van der Waals surface area contributed by atoms with Crippen LogP contribution < -0.4 is 10.6 Å². The second-order valence-electron chi connectivity index (χ2n) is 15.9. The minimum absolute atomic E-state index is 0.115. The maximum Gasteiger partial charge on any atom is 0.235 e. The van der Waals surface area contributed by atoms with Crippen molar-refractivity contribution in [2.75, 3.05) is 0 Å². The molecular weight excluding hydrogens is 633 g/mol. The van der Waals surface area contributed by atoms with Crippen LogP contribution in [0.2, 0.25) is 0 Å². The van der Waals surface area contributed by atoms with Gasteiger partial charge in [-0.15, -0.1) is 0 Å². The monoisotopic (exact) mass is 690 g/mol. The van der Waals surface area contributed by atoms with Gasteiger partial charge in [-0.3, -0.25) is 9.59 Å². The zero-order valence-corrected chi connectivity index (χ0v) is 32.2. The molecule has 0 aromatic heterocycles. The summed E-state index contributed by atoms with van der Waals surface area (Å²) in [5, 5.41) is 31.9. The fraction of sp³-hybridized carbons (Fsp3) is 0.422. The number of hydrogen-bond acceptors (Lipinski definition) is 4. The summed E-state index contributed by atoms with van der Waals surface area (Å²) in [6.45, 7) is 19.4. The number of carbonyl (C=O) groups excluding carboxylic acids is 2. The Morgan fingerprint density at radius 2 is 0.706 bits per heavy atom. The Bertz CT molecular complexity index is 1530. The Hall–Kier alpha value is -4.26. The van der Waals surface area contributed by atoms with Crippen molar-refractivity contribution >= 4 is 11.8 Å². The van der Waals surface area contributed by atoms with Gasteiger partial charge in [-0.05, 0) is 88.5 Å². The van der Waals surface area contributed by atoms with Gasteiger partial charge in [0.25, 0.3) is 0 Å². The highest BCUT2D eigenvalue weighted by molar-refractivity contribution is 6.04. The van der Waals surface area contributed by atoms with Crippen LogP contribution in [0.25, 0.3) is 0 Å². The molecule has 0 fully saturated rings. The molecule has 0 heterocycles. The average molecular weight is 691 g/mol. The molecule has 51 heavy (non-hydrogen) atoms. The number of amides is 2. The molecule has 4 rings (SSSR count). The van der Waals surface area contributed by atoms with E-state index < -0.39 is 40.5 Å². The summed E-state index contributed by atoms with van der Waals surface area (Å²) in [5.74, 6) is -0.796. The van der Waals surface area contributed by atoms with Crippen LogP contribution in [0.3, 0.4) is 0 Å². The summed E-state index contributed by atoms with van der Waals surface area (Å²) in [4.78, 5) is 28.9. The van der Waals surface area contributed by atoms with Crippen LogP contribution in [0.15, 0.2) is 97.1 Å². The third kappa shape index (κ3) is 8.80. The lowest BCUT2D eigenvalue weighted by molar-refractivity contribution is -0.144. The van der Waals surface area contributed by atoms with Crippen molar-refractivity contribution < 1.29 is 19.8 Å². The first kappa shape index (κ1) is 39.5. The SMILES string of the molecule is Cc1ccc(C(O)(c2ccc(C)cc2)C(CC(C)C)NC(=O)C(C)(C)C(=O)NC(CC(C)C)C(O)(c2ccc(C)cc2)c2ccc(C)cc2)cc1. The summed E-state index contributed by atoms with van der Waals surface area (Å²) < 4.78 is 0. The fourth-order valence-corrected chi connectivity index (χ4v) is 6.76. The number of hydrogen-bond donors (Lipinski definition) is 4. The van der Waals surface area contributed by atoms with Crippen molar-refractivity contribution in [3.8, 4) is 0 Å². The molecule has 0 bridgehead atoms. The van der Waals surface area contributed by atoms with Crippen molar-refractivity contribution in [3.63, 3.8) is 0 Å². The lowest BCUT2D eigenvalue weighted by atomic mass is 9.75. The molecule has 6 heteroatoms. The first-order valence-corrected chi connectivity index (χ1v) is 18.2. The van der Waals surface area contributed by atoms with E-state index in [1.54, 1.807) is 13.8 Å². The molecule has 4 aromatic rings. The molecule has 2 atom stereocenters. The van der Waals surface area contributed by atoms with E-state index in [9.17, 15) is 19.8 Å². The zero-order valence-electron chi connectivity index (χ0n) is 32.2. The van der Waals surface area contributed by atoms with Crippen molar-refractivity contribution in [1.82, 2.24) is 10.6 Å². The molecule has 0 aliphatic rings. The van der Waals surface area contributed by atoms with E-state index in [0.717, 1.165) is 22.3 Å². The van der Waals surface area contributed by atoms with E-state index >= 15 is 0 Å². The first-order valence-electron chi connectivity index (χ1n) is 18.2. The van der Waals surface area contributed by atoms with Crippen LogP contribution in [-0.2, 0) is 20.8 Å². The second-order valence-corrected chi connectivity index (χ2v) is 15.9. The largest absolute Gasteiger partial charge is 0.378 e. The Labute approximate surface area is 305 Å². The third-order valence-electron chi connectivity index (χ3n) is 10.1. The van der Waals surface area contributed by atoms with Gasteiger partial charge in [-0.1, -0.05) is 147 Å². The van der Waals surface area contributed by atoms with E-state index in [1.807, 2.05) is 125 Å². The highest BCUT2D eigenvalue weighted by Gasteiger charge is 2.47. The predicted molar refractivity (Wildman–Crippen MR) is 207 cm³/mol. The zero-order chi connectivity index (χ0) is 37.7. The number of benzene rings is 4. The molecule has 0 aliphatic heterocycles. The molecule has 0 spiro atoms. The van der Waals surface area contributed by atoms with Gasteiger partial charge >= 0.3 is 0 Å². The molecular formula is C45H58N2O4. The minimum atomic E-state index is -1.58. The Morgan fingerprint density at radius 1 is 0.490 bits per heavy atom. The van der Waals surface area contributed by atoms with Gasteiger partial charge in [-0.25, -0.2) is 0 Å². The topological polar surface area (TPSA) is 98.7 Å². The number of carbonyl (C=O) groups is 2. The Balaban J connectivity index is 1.74. The van der Waals surface area contributed by atoms with Gasteiger partial charge in [0.1, 0.15) is 16.6 Å². The van der Waals surface area contributed by atoms with Gasteiger partial charge in [-0.2, -0.15) is 0 Å². The van der Waals surface area contributed by atoms with E-state index in [4.69, 9.17) is 0 Å². The van der Waals surface area contributed by atoms with E-state index in [-0.39, 0.29) is 11.8 Å². The molecule has 0 aliphatic carbocycles. The Morgan fingerprint density at radius 3 is 0.902 bits per heavy atom. The first-order chi connectivity index (χ1) is 23.9. The number of aryl methyl sites for hydroxylation is 4. The van der Waals surface area contributed by atoms with Crippen molar-refractivity contribution in [3.05, 3.63) is 142 Å². The second kappa shape index (κ2) is 16.0. The smallest absolute Gasteiger partial charge is 0.235 e. The predicted octanol–water partition coefficient (Wildman–Crippen LogP) is 8.18. The van der Waals surface area contributed by atoms with E-state index in [2.05, 4.69) is 38.3 Å². The normalized spacial score (nSPS) is 13.6. The number of nitrogens with one attached hydrogen (secondary N) is 2. The van der Waals surface area contributed by atoms with Crippen LogP contribution in [0.4, 0.5) is 0 Å².